The molecule has 2 heterocycles. The van der Waals surface area contributed by atoms with E-state index in [0.29, 0.717) is 17.0 Å². The van der Waals surface area contributed by atoms with E-state index in [2.05, 4.69) is 15.3 Å². The van der Waals surface area contributed by atoms with Gasteiger partial charge in [0.2, 0.25) is 0 Å². The van der Waals surface area contributed by atoms with Crippen LogP contribution in [0.5, 0.6) is 11.8 Å². The summed E-state index contributed by atoms with van der Waals surface area (Å²) in [6.07, 6.45) is 0. The van der Waals surface area contributed by atoms with Crippen LogP contribution in [0, 0.1) is 13.8 Å². The van der Waals surface area contributed by atoms with Gasteiger partial charge in [-0.25, -0.2) is 9.97 Å². The van der Waals surface area contributed by atoms with Gasteiger partial charge in [0.1, 0.15) is 5.75 Å². The molecular formula is C28H22N4O4. The number of nitrogens with zero attached hydrogens (tertiary/aromatic N) is 3. The number of aromatic nitrogens is 2. The number of rotatable bonds is 6. The third kappa shape index (κ3) is 4.69. The van der Waals surface area contributed by atoms with Crippen molar-refractivity contribution in [3.63, 3.8) is 0 Å². The summed E-state index contributed by atoms with van der Waals surface area (Å²) in [6, 6.07) is 22.7. The van der Waals surface area contributed by atoms with E-state index in [0.717, 1.165) is 17.0 Å². The summed E-state index contributed by atoms with van der Waals surface area (Å²) < 4.78 is 5.70. The molecule has 8 nitrogen and oxygen atoms in total. The van der Waals surface area contributed by atoms with Crippen molar-refractivity contribution in [1.29, 1.82) is 0 Å². The van der Waals surface area contributed by atoms with Crippen molar-refractivity contribution >= 4 is 23.4 Å². The molecule has 0 bridgehead atoms. The van der Waals surface area contributed by atoms with E-state index in [4.69, 9.17) is 4.74 Å². The number of aryl methyl sites for hydroxylation is 2. The molecule has 0 spiro atoms. The lowest BCUT2D eigenvalue weighted by Gasteiger charge is -2.13. The molecular weight excluding hydrogens is 456 g/mol. The second kappa shape index (κ2) is 9.42. The number of anilines is 1. The van der Waals surface area contributed by atoms with Crippen LogP contribution in [-0.2, 0) is 6.54 Å². The van der Waals surface area contributed by atoms with Gasteiger partial charge in [0.15, 0.2) is 0 Å². The van der Waals surface area contributed by atoms with E-state index in [1.165, 1.54) is 17.0 Å². The number of ether oxygens (including phenoxy) is 1. The van der Waals surface area contributed by atoms with Crippen molar-refractivity contribution in [2.45, 2.75) is 20.4 Å². The predicted octanol–water partition coefficient (Wildman–Crippen LogP) is 4.93. The number of hydrogen-bond donors (Lipinski definition) is 1. The summed E-state index contributed by atoms with van der Waals surface area (Å²) in [5, 5.41) is 2.80. The molecule has 178 valence electrons. The molecule has 8 heteroatoms. The summed E-state index contributed by atoms with van der Waals surface area (Å²) in [6.45, 7) is 3.91. The molecule has 5 rings (SSSR count). The Morgan fingerprint density at radius 1 is 0.833 bits per heavy atom. The lowest BCUT2D eigenvalue weighted by atomic mass is 10.1. The maximum Gasteiger partial charge on any atom is 0.322 e. The number of nitrogens with one attached hydrogen (secondary N) is 1. The SMILES string of the molecule is Cc1cc(C)nc(Oc2ccc(NC(=O)c3ccc4c(c3)C(=O)N(Cc3ccccc3)C4=O)cc2)n1. The minimum atomic E-state index is -0.413. The van der Waals surface area contributed by atoms with E-state index in [9.17, 15) is 14.4 Å². The number of hydrogen-bond acceptors (Lipinski definition) is 6. The van der Waals surface area contributed by atoms with Crippen molar-refractivity contribution in [2.75, 3.05) is 5.32 Å². The Labute approximate surface area is 207 Å². The summed E-state index contributed by atoms with van der Waals surface area (Å²) in [4.78, 5) is 48.2. The zero-order chi connectivity index (χ0) is 25.2. The number of carbonyl (C=O) groups excluding carboxylic acids is 3. The smallest absolute Gasteiger partial charge is 0.322 e. The van der Waals surface area contributed by atoms with E-state index < -0.39 is 11.8 Å². The molecule has 0 fully saturated rings. The summed E-state index contributed by atoms with van der Waals surface area (Å²) in [5.41, 5.74) is 3.80. The van der Waals surface area contributed by atoms with Crippen molar-refractivity contribution in [3.8, 4) is 11.8 Å². The van der Waals surface area contributed by atoms with Gasteiger partial charge in [-0.15, -0.1) is 0 Å². The van der Waals surface area contributed by atoms with Gasteiger partial charge in [0, 0.05) is 22.6 Å². The summed E-state index contributed by atoms with van der Waals surface area (Å²) >= 11 is 0. The monoisotopic (exact) mass is 478 g/mol. The fourth-order valence-electron chi connectivity index (χ4n) is 4.00. The number of carbonyl (C=O) groups is 3. The fourth-order valence-corrected chi connectivity index (χ4v) is 4.00. The van der Waals surface area contributed by atoms with E-state index in [-0.39, 0.29) is 29.6 Å². The molecule has 0 unspecified atom stereocenters. The highest BCUT2D eigenvalue weighted by Crippen LogP contribution is 2.26. The highest BCUT2D eigenvalue weighted by Gasteiger charge is 2.36. The summed E-state index contributed by atoms with van der Waals surface area (Å²) in [7, 11) is 0. The van der Waals surface area contributed by atoms with Crippen molar-refractivity contribution < 1.29 is 19.1 Å². The standard InChI is InChI=1S/C28H22N4O4/c1-17-14-18(2)30-28(29-17)36-22-11-9-21(10-12-22)31-25(33)20-8-13-23-24(15-20)27(35)32(26(23)34)16-19-6-4-3-5-7-19/h3-15H,16H2,1-2H3,(H,31,33). The van der Waals surface area contributed by atoms with Gasteiger partial charge in [-0.2, -0.15) is 0 Å². The van der Waals surface area contributed by atoms with Gasteiger partial charge in [-0.05, 0) is 67.9 Å². The number of imide groups is 1. The highest BCUT2D eigenvalue weighted by molar-refractivity contribution is 6.22. The van der Waals surface area contributed by atoms with Crippen LogP contribution in [0.3, 0.4) is 0 Å². The zero-order valence-corrected chi connectivity index (χ0v) is 19.7. The first-order chi connectivity index (χ1) is 17.4. The molecule has 0 atom stereocenters. The highest BCUT2D eigenvalue weighted by atomic mass is 16.5. The van der Waals surface area contributed by atoms with Gasteiger partial charge in [-0.3, -0.25) is 19.3 Å². The molecule has 1 aromatic heterocycles. The molecule has 0 saturated heterocycles. The van der Waals surface area contributed by atoms with Gasteiger partial charge < -0.3 is 10.1 Å². The Bertz CT molecular complexity index is 1460. The maximum atomic E-state index is 12.9. The lowest BCUT2D eigenvalue weighted by Crippen LogP contribution is -2.29. The Kier molecular flexibility index (Phi) is 6.00. The largest absolute Gasteiger partial charge is 0.424 e. The van der Waals surface area contributed by atoms with Gasteiger partial charge in [-0.1, -0.05) is 30.3 Å². The maximum absolute atomic E-state index is 12.9. The quantitative estimate of drug-likeness (QED) is 0.394. The minimum Gasteiger partial charge on any atom is -0.424 e. The molecule has 1 aliphatic heterocycles. The minimum absolute atomic E-state index is 0.177. The topological polar surface area (TPSA) is 101 Å². The first kappa shape index (κ1) is 22.9. The Balaban J connectivity index is 1.27. The second-order valence-electron chi connectivity index (χ2n) is 8.46. The van der Waals surface area contributed by atoms with E-state index >= 15 is 0 Å². The predicted molar refractivity (Wildman–Crippen MR) is 133 cm³/mol. The molecule has 3 amide bonds. The molecule has 0 saturated carbocycles. The summed E-state index contributed by atoms with van der Waals surface area (Å²) in [5.74, 6) is -0.651. The molecule has 3 aromatic carbocycles. The lowest BCUT2D eigenvalue weighted by molar-refractivity contribution is 0.0642. The first-order valence-electron chi connectivity index (χ1n) is 11.3. The van der Waals surface area contributed by atoms with Gasteiger partial charge in [0.05, 0.1) is 17.7 Å². The van der Waals surface area contributed by atoms with Crippen molar-refractivity contribution in [2.24, 2.45) is 0 Å². The average Bonchev–Trinajstić information content (AvgIpc) is 3.09. The Morgan fingerprint density at radius 3 is 2.19 bits per heavy atom. The first-order valence-corrected chi connectivity index (χ1v) is 11.3. The van der Waals surface area contributed by atoms with Gasteiger partial charge in [0.25, 0.3) is 17.7 Å². The molecule has 1 N–H and O–H groups in total. The van der Waals surface area contributed by atoms with Crippen LogP contribution in [0.15, 0.2) is 78.9 Å². The molecule has 0 aliphatic carbocycles. The molecule has 0 radical (unpaired) electrons. The van der Waals surface area contributed by atoms with Crippen molar-refractivity contribution in [1.82, 2.24) is 14.9 Å². The number of amides is 3. The van der Waals surface area contributed by atoms with E-state index in [1.807, 2.05) is 50.2 Å². The van der Waals surface area contributed by atoms with Crippen LogP contribution in [0.1, 0.15) is 48.0 Å². The third-order valence-electron chi connectivity index (χ3n) is 5.70. The molecule has 1 aliphatic rings. The second-order valence-corrected chi connectivity index (χ2v) is 8.46. The molecule has 36 heavy (non-hydrogen) atoms. The van der Waals surface area contributed by atoms with E-state index in [1.54, 1.807) is 30.3 Å². The van der Waals surface area contributed by atoms with Crippen LogP contribution >= 0.6 is 0 Å². The van der Waals surface area contributed by atoms with Crippen molar-refractivity contribution in [3.05, 3.63) is 113 Å². The van der Waals surface area contributed by atoms with Crippen LogP contribution in [0.2, 0.25) is 0 Å². The van der Waals surface area contributed by atoms with Crippen LogP contribution in [0.4, 0.5) is 5.69 Å². The van der Waals surface area contributed by atoms with Crippen LogP contribution in [-0.4, -0.2) is 32.6 Å². The Morgan fingerprint density at radius 2 is 1.50 bits per heavy atom. The zero-order valence-electron chi connectivity index (χ0n) is 19.7. The Hall–Kier alpha value is -4.85. The number of fused-ring (bicyclic) bond motifs is 1. The molecule has 4 aromatic rings. The normalized spacial score (nSPS) is 12.4. The number of benzene rings is 3. The third-order valence-corrected chi connectivity index (χ3v) is 5.70. The van der Waals surface area contributed by atoms with Gasteiger partial charge >= 0.3 is 6.01 Å². The van der Waals surface area contributed by atoms with Crippen LogP contribution < -0.4 is 10.1 Å². The fraction of sp³-hybridized carbons (Fsp3) is 0.107. The average molecular weight is 479 g/mol. The van der Waals surface area contributed by atoms with Crippen LogP contribution in [0.25, 0.3) is 0 Å².